The van der Waals surface area contributed by atoms with Crippen molar-refractivity contribution in [1.29, 1.82) is 0 Å². The maximum absolute atomic E-state index is 13.1. The first kappa shape index (κ1) is 24.0. The van der Waals surface area contributed by atoms with Crippen molar-refractivity contribution in [2.45, 2.75) is 79.9 Å². The molecule has 5 aliphatic carbocycles. The zero-order valence-corrected chi connectivity index (χ0v) is 20.9. The molecule has 9 nitrogen and oxygen atoms in total. The Morgan fingerprint density at radius 2 is 1.65 bits per heavy atom. The van der Waals surface area contributed by atoms with Gasteiger partial charge in [0.05, 0.1) is 48.1 Å². The molecule has 9 heteroatoms. The first-order valence-corrected chi connectivity index (χ1v) is 12.8. The van der Waals surface area contributed by atoms with E-state index in [0.717, 1.165) is 0 Å². The highest BCUT2D eigenvalue weighted by molar-refractivity contribution is 5.45. The minimum Gasteiger partial charge on any atom is -0.396 e. The Kier molecular flexibility index (Phi) is 5.04. The first-order valence-electron chi connectivity index (χ1n) is 12.8. The van der Waals surface area contributed by atoms with Crippen LogP contribution in [0.4, 0.5) is 0 Å². The van der Waals surface area contributed by atoms with Crippen LogP contribution >= 0.6 is 0 Å². The van der Waals surface area contributed by atoms with E-state index in [4.69, 9.17) is 18.9 Å². The van der Waals surface area contributed by atoms with E-state index >= 15 is 0 Å². The zero-order valence-electron chi connectivity index (χ0n) is 20.9. The Morgan fingerprint density at radius 3 is 2.21 bits per heavy atom. The van der Waals surface area contributed by atoms with Crippen molar-refractivity contribution < 1.29 is 39.4 Å². The molecule has 1 saturated heterocycles. The number of likely N-dealkylation sites (tertiary alicyclic amines) is 1. The van der Waals surface area contributed by atoms with E-state index in [9.17, 15) is 20.4 Å². The summed E-state index contributed by atoms with van der Waals surface area (Å²) in [6.07, 6.45) is -0.0670. The SMILES string of the molecule is CCN1C[C@]2(CO)CC[C@H](OC)[C@@]34[C@@H]2[C@H](OC)[C@@](O)([C@@H]13)[C@@]1(O)C[C@H](OC)[C@H]2C[C@]4(O)[C@@H]1[C@H]2OC. The highest BCUT2D eigenvalue weighted by Gasteiger charge is 2.95. The standard InChI is InChI=1S/C25H41NO8/c1-6-26-11-21(12-27)8-7-15(32-3)24-18(21)19(34-5)25(30,20(24)26)23(29)10-14(31-2)13-9-22(24,28)17(23)16(13)33-4/h13-20,27-30H,6-12H2,1-5H3/t13-,14+,15+,16+,17+,18-,19+,20+,21+,22+,23-,24-,25-/m1/s1. The molecule has 0 radical (unpaired) electrons. The fraction of sp³-hybridized carbons (Fsp3) is 1.00. The van der Waals surface area contributed by atoms with Crippen molar-refractivity contribution in [3.8, 4) is 0 Å². The Labute approximate surface area is 201 Å². The van der Waals surface area contributed by atoms with E-state index in [1.54, 1.807) is 28.4 Å². The molecule has 6 rings (SSSR count). The summed E-state index contributed by atoms with van der Waals surface area (Å²) in [5, 5.41) is 49.7. The number of nitrogens with zero attached hydrogens (tertiary/aromatic N) is 1. The van der Waals surface area contributed by atoms with Gasteiger partial charge in [-0.3, -0.25) is 4.90 Å². The third-order valence-corrected chi connectivity index (χ3v) is 11.7. The number of ether oxygens (including phenoxy) is 4. The van der Waals surface area contributed by atoms with Crippen LogP contribution in [0.2, 0.25) is 0 Å². The quantitative estimate of drug-likeness (QED) is 0.392. The molecule has 4 N–H and O–H groups in total. The molecule has 1 aliphatic heterocycles. The third-order valence-electron chi connectivity index (χ3n) is 11.7. The van der Waals surface area contributed by atoms with Crippen LogP contribution in [0.3, 0.4) is 0 Å². The monoisotopic (exact) mass is 483 g/mol. The average molecular weight is 484 g/mol. The topological polar surface area (TPSA) is 121 Å². The molecular weight excluding hydrogens is 442 g/mol. The normalized spacial score (nSPS) is 61.7. The largest absolute Gasteiger partial charge is 0.396 e. The van der Waals surface area contributed by atoms with Gasteiger partial charge in [-0.25, -0.2) is 0 Å². The number of hydrogen-bond acceptors (Lipinski definition) is 9. The lowest BCUT2D eigenvalue weighted by atomic mass is 9.41. The molecule has 1 heterocycles. The lowest BCUT2D eigenvalue weighted by Gasteiger charge is -2.72. The van der Waals surface area contributed by atoms with Crippen molar-refractivity contribution in [2.75, 3.05) is 48.1 Å². The molecule has 5 saturated carbocycles. The molecule has 0 amide bonds. The Balaban J connectivity index is 1.73. The van der Waals surface area contributed by atoms with Gasteiger partial charge in [-0.1, -0.05) is 6.92 Å². The minimum absolute atomic E-state index is 0.0774. The summed E-state index contributed by atoms with van der Waals surface area (Å²) in [6, 6.07) is -0.594. The van der Waals surface area contributed by atoms with Gasteiger partial charge >= 0.3 is 0 Å². The molecule has 1 spiro atoms. The highest BCUT2D eigenvalue weighted by atomic mass is 16.5. The summed E-state index contributed by atoms with van der Waals surface area (Å²) >= 11 is 0. The number of likely N-dealkylation sites (N-methyl/N-ethyl adjacent to an activating group) is 1. The van der Waals surface area contributed by atoms with Gasteiger partial charge in [0.2, 0.25) is 0 Å². The van der Waals surface area contributed by atoms with Crippen LogP contribution in [0.5, 0.6) is 0 Å². The number of piperidine rings is 1. The lowest BCUT2D eigenvalue weighted by molar-refractivity contribution is -0.357. The molecule has 0 aromatic carbocycles. The third kappa shape index (κ3) is 2.08. The number of rotatable bonds is 6. The average Bonchev–Trinajstić information content (AvgIpc) is 3.20. The Bertz CT molecular complexity index is 861. The maximum Gasteiger partial charge on any atom is 0.136 e. The van der Waals surface area contributed by atoms with E-state index < -0.39 is 51.8 Å². The Morgan fingerprint density at radius 1 is 0.912 bits per heavy atom. The van der Waals surface area contributed by atoms with Crippen LogP contribution in [0.1, 0.15) is 32.6 Å². The number of methoxy groups -OCH3 is 4. The molecule has 6 fully saturated rings. The van der Waals surface area contributed by atoms with E-state index in [1.165, 1.54) is 0 Å². The van der Waals surface area contributed by atoms with Gasteiger partial charge in [0.15, 0.2) is 0 Å². The summed E-state index contributed by atoms with van der Waals surface area (Å²) < 4.78 is 24.2. The summed E-state index contributed by atoms with van der Waals surface area (Å²) in [5.41, 5.74) is -6.34. The molecule has 194 valence electrons. The second kappa shape index (κ2) is 7.14. The van der Waals surface area contributed by atoms with Crippen LogP contribution < -0.4 is 0 Å². The molecule has 0 unspecified atom stereocenters. The summed E-state index contributed by atoms with van der Waals surface area (Å²) in [6.45, 7) is 3.15. The molecule has 7 bridgehead atoms. The fourth-order valence-corrected chi connectivity index (χ4v) is 11.0. The van der Waals surface area contributed by atoms with Crippen LogP contribution in [0.15, 0.2) is 0 Å². The summed E-state index contributed by atoms with van der Waals surface area (Å²) in [5.74, 6) is -1.24. The van der Waals surface area contributed by atoms with Crippen LogP contribution in [-0.2, 0) is 18.9 Å². The van der Waals surface area contributed by atoms with Crippen molar-refractivity contribution in [3.05, 3.63) is 0 Å². The number of fused-ring (bicyclic) bond motifs is 2. The van der Waals surface area contributed by atoms with Crippen molar-refractivity contribution in [2.24, 2.45) is 28.6 Å². The predicted octanol–water partition coefficient (Wildman–Crippen LogP) is -0.614. The van der Waals surface area contributed by atoms with Gasteiger partial charge in [0, 0.05) is 64.6 Å². The zero-order chi connectivity index (χ0) is 24.5. The van der Waals surface area contributed by atoms with E-state index in [2.05, 4.69) is 4.90 Å². The van der Waals surface area contributed by atoms with Crippen molar-refractivity contribution >= 4 is 0 Å². The van der Waals surface area contributed by atoms with Gasteiger partial charge < -0.3 is 39.4 Å². The number of aliphatic hydroxyl groups is 4. The second-order valence-electron chi connectivity index (χ2n) is 12.0. The van der Waals surface area contributed by atoms with Crippen molar-refractivity contribution in [3.63, 3.8) is 0 Å². The van der Waals surface area contributed by atoms with E-state index in [1.807, 2.05) is 6.92 Å². The predicted molar refractivity (Wildman–Crippen MR) is 120 cm³/mol. The summed E-state index contributed by atoms with van der Waals surface area (Å²) in [7, 11) is 6.48. The fourth-order valence-electron chi connectivity index (χ4n) is 11.0. The molecule has 13 atom stereocenters. The molecule has 34 heavy (non-hydrogen) atoms. The minimum atomic E-state index is -1.71. The molecule has 0 aromatic heterocycles. The summed E-state index contributed by atoms with van der Waals surface area (Å²) in [4.78, 5) is 2.18. The molecule has 0 aromatic rings. The van der Waals surface area contributed by atoms with Gasteiger partial charge in [0.1, 0.15) is 11.2 Å². The Hall–Kier alpha value is -0.360. The van der Waals surface area contributed by atoms with Gasteiger partial charge in [0.25, 0.3) is 0 Å². The first-order chi connectivity index (χ1) is 16.2. The maximum atomic E-state index is 13.1. The highest BCUT2D eigenvalue weighted by Crippen LogP contribution is 2.81. The smallest absolute Gasteiger partial charge is 0.136 e. The molecule has 6 aliphatic rings. The van der Waals surface area contributed by atoms with Crippen LogP contribution in [0.25, 0.3) is 0 Å². The van der Waals surface area contributed by atoms with Gasteiger partial charge in [-0.2, -0.15) is 0 Å². The second-order valence-corrected chi connectivity index (χ2v) is 12.0. The van der Waals surface area contributed by atoms with Crippen molar-refractivity contribution in [1.82, 2.24) is 4.90 Å². The number of hydrogen-bond donors (Lipinski definition) is 4. The van der Waals surface area contributed by atoms with Crippen LogP contribution in [0, 0.1) is 28.6 Å². The molecular formula is C25H41NO8. The lowest BCUT2D eigenvalue weighted by Crippen LogP contribution is -2.86. The van der Waals surface area contributed by atoms with Crippen LogP contribution in [-0.4, -0.2) is 121 Å². The van der Waals surface area contributed by atoms with Gasteiger partial charge in [-0.05, 0) is 25.8 Å². The van der Waals surface area contributed by atoms with E-state index in [-0.39, 0.29) is 37.1 Å². The number of aliphatic hydroxyl groups excluding tert-OH is 1. The van der Waals surface area contributed by atoms with Gasteiger partial charge in [-0.15, -0.1) is 0 Å². The van der Waals surface area contributed by atoms with E-state index in [0.29, 0.717) is 32.4 Å².